The second kappa shape index (κ2) is 5.85. The van der Waals surface area contributed by atoms with Crippen LogP contribution in [0.5, 0.6) is 0 Å². The lowest BCUT2D eigenvalue weighted by atomic mass is 10.1. The zero-order chi connectivity index (χ0) is 14.7. The van der Waals surface area contributed by atoms with E-state index in [0.29, 0.717) is 5.82 Å². The largest absolute Gasteiger partial charge is 0.477 e. The minimum atomic E-state index is -1.30. The first-order chi connectivity index (χ1) is 9.50. The highest BCUT2D eigenvalue weighted by molar-refractivity contribution is 5.93. The molecule has 1 aliphatic heterocycles. The van der Waals surface area contributed by atoms with Crippen LogP contribution in [0.25, 0.3) is 0 Å². The molecule has 0 aliphatic carbocycles. The molecule has 7 heteroatoms. The van der Waals surface area contributed by atoms with Crippen molar-refractivity contribution in [1.29, 1.82) is 0 Å². The molecule has 1 aromatic rings. The molecule has 2 heterocycles. The maximum atomic E-state index is 11.2. The fraction of sp³-hybridized carbons (Fsp3) is 0.538. The van der Waals surface area contributed by atoms with Crippen LogP contribution < -0.4 is 4.90 Å². The van der Waals surface area contributed by atoms with Crippen molar-refractivity contribution in [2.24, 2.45) is 0 Å². The first kappa shape index (κ1) is 14.2. The molecule has 0 bridgehead atoms. The fourth-order valence-corrected chi connectivity index (χ4v) is 2.53. The number of pyridine rings is 1. The molecule has 1 fully saturated rings. The summed E-state index contributed by atoms with van der Waals surface area (Å²) in [5.74, 6) is -0.801. The smallest absolute Gasteiger partial charge is 0.342 e. The summed E-state index contributed by atoms with van der Waals surface area (Å²) in [6.07, 6.45) is 5.35. The van der Waals surface area contributed by atoms with Gasteiger partial charge in [-0.2, -0.15) is 0 Å². The monoisotopic (exact) mass is 279 g/mol. The quantitative estimate of drug-likeness (QED) is 0.674. The molecule has 1 saturated heterocycles. The van der Waals surface area contributed by atoms with Crippen LogP contribution in [0.2, 0.25) is 0 Å². The number of hydrogen-bond acceptors (Lipinski definition) is 5. The van der Waals surface area contributed by atoms with Crippen LogP contribution >= 0.6 is 0 Å². The number of carbonyl (C=O) groups is 1. The Bertz CT molecular complexity index is 532. The van der Waals surface area contributed by atoms with E-state index in [1.54, 1.807) is 0 Å². The van der Waals surface area contributed by atoms with Crippen LogP contribution in [-0.2, 0) is 0 Å². The van der Waals surface area contributed by atoms with Crippen LogP contribution in [0.15, 0.2) is 12.3 Å². The Morgan fingerprint density at radius 2 is 2.25 bits per heavy atom. The van der Waals surface area contributed by atoms with Gasteiger partial charge >= 0.3 is 11.7 Å². The lowest BCUT2D eigenvalue weighted by Crippen LogP contribution is -2.33. The Hall–Kier alpha value is -2.18. The van der Waals surface area contributed by atoms with Gasteiger partial charge in [-0.3, -0.25) is 10.1 Å². The third-order valence-corrected chi connectivity index (χ3v) is 3.64. The molecule has 108 valence electrons. The van der Waals surface area contributed by atoms with Crippen LogP contribution in [-0.4, -0.2) is 33.6 Å². The number of carboxylic acids is 1. The SMILES string of the molecule is CC1CCCCCN1c1cc(C(=O)O)c([N+](=O)[O-])cn1. The average Bonchev–Trinajstić information content (AvgIpc) is 2.62. The highest BCUT2D eigenvalue weighted by atomic mass is 16.6. The number of rotatable bonds is 3. The van der Waals surface area contributed by atoms with Crippen molar-refractivity contribution in [2.75, 3.05) is 11.4 Å². The summed E-state index contributed by atoms with van der Waals surface area (Å²) in [6.45, 7) is 2.86. The van der Waals surface area contributed by atoms with E-state index in [0.717, 1.165) is 38.4 Å². The van der Waals surface area contributed by atoms with Gasteiger partial charge in [0.2, 0.25) is 0 Å². The summed E-state index contributed by atoms with van der Waals surface area (Å²) in [7, 11) is 0. The highest BCUT2D eigenvalue weighted by Crippen LogP contribution is 2.26. The number of anilines is 1. The van der Waals surface area contributed by atoms with E-state index in [-0.39, 0.29) is 11.6 Å². The van der Waals surface area contributed by atoms with Gasteiger partial charge in [0.1, 0.15) is 17.6 Å². The number of nitro groups is 1. The molecule has 0 saturated carbocycles. The molecule has 1 aliphatic rings. The van der Waals surface area contributed by atoms with E-state index >= 15 is 0 Å². The zero-order valence-corrected chi connectivity index (χ0v) is 11.3. The summed E-state index contributed by atoms with van der Waals surface area (Å²) < 4.78 is 0. The third kappa shape index (κ3) is 2.87. The topological polar surface area (TPSA) is 96.6 Å². The van der Waals surface area contributed by atoms with Crippen LogP contribution in [0, 0.1) is 10.1 Å². The fourth-order valence-electron chi connectivity index (χ4n) is 2.53. The number of carboxylic acid groups (broad SMARTS) is 1. The maximum Gasteiger partial charge on any atom is 0.342 e. The Labute approximate surface area is 116 Å². The van der Waals surface area contributed by atoms with Gasteiger partial charge in [-0.1, -0.05) is 12.8 Å². The normalized spacial score (nSPS) is 19.4. The maximum absolute atomic E-state index is 11.2. The second-order valence-electron chi connectivity index (χ2n) is 5.01. The average molecular weight is 279 g/mol. The minimum Gasteiger partial charge on any atom is -0.477 e. The van der Waals surface area contributed by atoms with E-state index in [1.165, 1.54) is 6.07 Å². The summed E-state index contributed by atoms with van der Waals surface area (Å²) in [4.78, 5) is 27.4. The molecular weight excluding hydrogens is 262 g/mol. The van der Waals surface area contributed by atoms with Crippen molar-refractivity contribution in [3.8, 4) is 0 Å². The molecule has 2 rings (SSSR count). The summed E-state index contributed by atoms with van der Waals surface area (Å²) in [5.41, 5.74) is -0.778. The molecule has 1 unspecified atom stereocenters. The van der Waals surface area contributed by atoms with Crippen molar-refractivity contribution in [3.63, 3.8) is 0 Å². The molecule has 0 radical (unpaired) electrons. The summed E-state index contributed by atoms with van der Waals surface area (Å²) >= 11 is 0. The molecule has 20 heavy (non-hydrogen) atoms. The molecular formula is C13H17N3O4. The lowest BCUT2D eigenvalue weighted by molar-refractivity contribution is -0.385. The number of hydrogen-bond donors (Lipinski definition) is 1. The molecule has 0 amide bonds. The number of nitrogens with zero attached hydrogens (tertiary/aromatic N) is 3. The van der Waals surface area contributed by atoms with Gasteiger partial charge in [0.15, 0.2) is 0 Å². The number of aromatic nitrogens is 1. The molecule has 0 aromatic carbocycles. The summed E-state index contributed by atoms with van der Waals surface area (Å²) in [6, 6.07) is 1.57. The predicted octanol–water partition coefficient (Wildman–Crippen LogP) is 2.46. The Kier molecular flexibility index (Phi) is 4.16. The van der Waals surface area contributed by atoms with Crippen LogP contribution in [0.3, 0.4) is 0 Å². The lowest BCUT2D eigenvalue weighted by Gasteiger charge is -2.28. The molecule has 7 nitrogen and oxygen atoms in total. The standard InChI is InChI=1S/C13H17N3O4/c1-9-5-3-2-4-6-15(9)12-7-10(13(17)18)11(8-14-12)16(19)20/h7-9H,2-6H2,1H3,(H,17,18). The zero-order valence-electron chi connectivity index (χ0n) is 11.3. The first-order valence-electron chi connectivity index (χ1n) is 6.65. The van der Waals surface area contributed by atoms with Crippen molar-refractivity contribution in [1.82, 2.24) is 4.98 Å². The predicted molar refractivity (Wildman–Crippen MR) is 73.1 cm³/mol. The van der Waals surface area contributed by atoms with Gasteiger partial charge < -0.3 is 10.0 Å². The highest BCUT2D eigenvalue weighted by Gasteiger charge is 2.25. The molecule has 0 spiro atoms. The van der Waals surface area contributed by atoms with Gasteiger partial charge in [-0.15, -0.1) is 0 Å². The van der Waals surface area contributed by atoms with Gasteiger partial charge in [0, 0.05) is 18.7 Å². The summed E-state index contributed by atoms with van der Waals surface area (Å²) in [5, 5.41) is 19.9. The molecule has 1 atom stereocenters. The van der Waals surface area contributed by atoms with Crippen molar-refractivity contribution < 1.29 is 14.8 Å². The van der Waals surface area contributed by atoms with Crippen molar-refractivity contribution >= 4 is 17.5 Å². The van der Waals surface area contributed by atoms with E-state index in [1.807, 2.05) is 4.90 Å². The molecule has 1 aromatic heterocycles. The Morgan fingerprint density at radius 3 is 2.90 bits per heavy atom. The van der Waals surface area contributed by atoms with Crippen LogP contribution in [0.4, 0.5) is 11.5 Å². The Morgan fingerprint density at radius 1 is 1.50 bits per heavy atom. The van der Waals surface area contributed by atoms with Gasteiger partial charge in [-0.05, 0) is 19.8 Å². The molecule has 1 N–H and O–H groups in total. The Balaban J connectivity index is 2.39. The minimum absolute atomic E-state index is 0.258. The van der Waals surface area contributed by atoms with E-state index < -0.39 is 16.6 Å². The van der Waals surface area contributed by atoms with Gasteiger partial charge in [-0.25, -0.2) is 9.78 Å². The van der Waals surface area contributed by atoms with E-state index in [2.05, 4.69) is 11.9 Å². The van der Waals surface area contributed by atoms with Gasteiger partial charge in [0.25, 0.3) is 0 Å². The van der Waals surface area contributed by atoms with E-state index in [4.69, 9.17) is 5.11 Å². The second-order valence-corrected chi connectivity index (χ2v) is 5.01. The van der Waals surface area contributed by atoms with Crippen molar-refractivity contribution in [2.45, 2.75) is 38.6 Å². The van der Waals surface area contributed by atoms with Crippen LogP contribution in [0.1, 0.15) is 43.0 Å². The van der Waals surface area contributed by atoms with Gasteiger partial charge in [0.05, 0.1) is 4.92 Å². The third-order valence-electron chi connectivity index (χ3n) is 3.64. The first-order valence-corrected chi connectivity index (χ1v) is 6.65. The number of aromatic carboxylic acids is 1. The van der Waals surface area contributed by atoms with E-state index in [9.17, 15) is 14.9 Å². The van der Waals surface area contributed by atoms with Crippen molar-refractivity contribution in [3.05, 3.63) is 27.9 Å².